The van der Waals surface area contributed by atoms with E-state index in [4.69, 9.17) is 4.74 Å². The van der Waals surface area contributed by atoms with E-state index >= 15 is 0 Å². The average Bonchev–Trinajstić information content (AvgIpc) is 2.73. The number of fused-ring (bicyclic) bond motifs is 1. The van der Waals surface area contributed by atoms with Gasteiger partial charge in [0.15, 0.2) is 5.16 Å². The summed E-state index contributed by atoms with van der Waals surface area (Å²) in [6.45, 7) is 1.19. The van der Waals surface area contributed by atoms with E-state index in [0.717, 1.165) is 5.56 Å². The minimum Gasteiger partial charge on any atom is -0.383 e. The van der Waals surface area contributed by atoms with Crippen molar-refractivity contribution in [2.24, 2.45) is 0 Å². The molecule has 3 aromatic rings. The molecule has 1 amide bonds. The highest BCUT2D eigenvalue weighted by Crippen LogP contribution is 2.17. The molecule has 1 heterocycles. The Morgan fingerprint density at radius 3 is 2.72 bits per heavy atom. The molecule has 152 valence electrons. The van der Waals surface area contributed by atoms with Crippen molar-refractivity contribution >= 4 is 28.6 Å². The fourth-order valence-corrected chi connectivity index (χ4v) is 3.67. The lowest BCUT2D eigenvalue weighted by atomic mass is 10.1. The van der Waals surface area contributed by atoms with E-state index in [1.165, 1.54) is 23.9 Å². The van der Waals surface area contributed by atoms with Crippen LogP contribution in [0.3, 0.4) is 0 Å². The third-order valence-electron chi connectivity index (χ3n) is 4.33. The number of rotatable bonds is 9. The molecule has 0 radical (unpaired) electrons. The maximum absolute atomic E-state index is 12.9. The molecular weight excluding hydrogens is 393 g/mol. The van der Waals surface area contributed by atoms with Gasteiger partial charge in [-0.1, -0.05) is 36.0 Å². The lowest BCUT2D eigenvalue weighted by Crippen LogP contribution is -2.29. The molecule has 1 N–H and O–H groups in total. The van der Waals surface area contributed by atoms with E-state index in [-0.39, 0.29) is 23.0 Å². The zero-order valence-electron chi connectivity index (χ0n) is 16.1. The fourth-order valence-electron chi connectivity index (χ4n) is 2.82. The molecule has 0 aliphatic rings. The van der Waals surface area contributed by atoms with Crippen molar-refractivity contribution in [1.29, 1.82) is 0 Å². The van der Waals surface area contributed by atoms with Gasteiger partial charge in [-0.2, -0.15) is 0 Å². The van der Waals surface area contributed by atoms with E-state index in [1.54, 1.807) is 42.0 Å². The van der Waals surface area contributed by atoms with Crippen molar-refractivity contribution in [2.45, 2.75) is 18.1 Å². The maximum atomic E-state index is 12.9. The van der Waals surface area contributed by atoms with Crippen molar-refractivity contribution < 1.29 is 13.9 Å². The number of halogens is 1. The highest BCUT2D eigenvalue weighted by atomic mass is 32.2. The zero-order valence-corrected chi connectivity index (χ0v) is 16.9. The van der Waals surface area contributed by atoms with Crippen LogP contribution < -0.4 is 10.9 Å². The van der Waals surface area contributed by atoms with Gasteiger partial charge in [-0.25, -0.2) is 9.37 Å². The molecule has 8 heteroatoms. The van der Waals surface area contributed by atoms with Crippen molar-refractivity contribution in [3.8, 4) is 0 Å². The molecule has 0 aliphatic heterocycles. The summed E-state index contributed by atoms with van der Waals surface area (Å²) in [7, 11) is 1.57. The molecule has 0 bridgehead atoms. The summed E-state index contributed by atoms with van der Waals surface area (Å²) >= 11 is 1.22. The topological polar surface area (TPSA) is 73.2 Å². The normalized spacial score (nSPS) is 11.0. The van der Waals surface area contributed by atoms with Crippen LogP contribution in [0.5, 0.6) is 0 Å². The zero-order chi connectivity index (χ0) is 20.6. The van der Waals surface area contributed by atoms with Gasteiger partial charge in [0, 0.05) is 13.7 Å². The SMILES string of the molecule is COCCn1c(SCC(=O)NCCc2ccc(F)cc2)nc2ccccc2c1=O. The first-order valence-corrected chi connectivity index (χ1v) is 10.2. The minimum absolute atomic E-state index is 0.140. The number of carbonyl (C=O) groups is 1. The number of amides is 1. The summed E-state index contributed by atoms with van der Waals surface area (Å²) in [5.41, 5.74) is 1.40. The predicted molar refractivity (Wildman–Crippen MR) is 112 cm³/mol. The monoisotopic (exact) mass is 415 g/mol. The lowest BCUT2D eigenvalue weighted by Gasteiger charge is -2.12. The predicted octanol–water partition coefficient (Wildman–Crippen LogP) is 2.63. The standard InChI is InChI=1S/C21H22FN3O3S/c1-28-13-12-25-20(27)17-4-2-3-5-18(17)24-21(25)29-14-19(26)23-11-10-15-6-8-16(22)9-7-15/h2-9H,10-14H2,1H3,(H,23,26). The molecule has 0 saturated carbocycles. The lowest BCUT2D eigenvalue weighted by molar-refractivity contribution is -0.118. The van der Waals surface area contributed by atoms with Crippen LogP contribution in [0, 0.1) is 5.82 Å². The van der Waals surface area contributed by atoms with Crippen LogP contribution in [0.25, 0.3) is 10.9 Å². The summed E-state index contributed by atoms with van der Waals surface area (Å²) in [4.78, 5) is 29.5. The van der Waals surface area contributed by atoms with Gasteiger partial charge in [0.05, 0.1) is 29.8 Å². The number of ether oxygens (including phenoxy) is 1. The molecule has 3 rings (SSSR count). The first kappa shape index (κ1) is 21.0. The van der Waals surface area contributed by atoms with Crippen LogP contribution in [0.4, 0.5) is 4.39 Å². The first-order chi connectivity index (χ1) is 14.1. The summed E-state index contributed by atoms with van der Waals surface area (Å²) in [5.74, 6) is -0.296. The molecule has 1 aromatic heterocycles. The Labute approximate surface area is 172 Å². The summed E-state index contributed by atoms with van der Waals surface area (Å²) in [5, 5.41) is 3.86. The highest BCUT2D eigenvalue weighted by Gasteiger charge is 2.13. The molecule has 6 nitrogen and oxygen atoms in total. The van der Waals surface area contributed by atoms with Crippen LogP contribution in [-0.4, -0.2) is 41.5 Å². The van der Waals surface area contributed by atoms with E-state index in [0.29, 0.717) is 42.2 Å². The Hall–Kier alpha value is -2.71. The van der Waals surface area contributed by atoms with E-state index in [1.807, 2.05) is 6.07 Å². The van der Waals surface area contributed by atoms with Gasteiger partial charge in [-0.05, 0) is 36.2 Å². The van der Waals surface area contributed by atoms with Crippen molar-refractivity contribution in [1.82, 2.24) is 14.9 Å². The molecule has 0 saturated heterocycles. The third kappa shape index (κ3) is 5.65. The average molecular weight is 415 g/mol. The van der Waals surface area contributed by atoms with E-state index < -0.39 is 0 Å². The largest absolute Gasteiger partial charge is 0.383 e. The quantitative estimate of drug-likeness (QED) is 0.430. The number of nitrogens with one attached hydrogen (secondary N) is 1. The van der Waals surface area contributed by atoms with Crippen LogP contribution >= 0.6 is 11.8 Å². The Bertz CT molecular complexity index is 1040. The number of carbonyl (C=O) groups excluding carboxylic acids is 1. The number of aromatic nitrogens is 2. The minimum atomic E-state index is -0.281. The van der Waals surface area contributed by atoms with Crippen LogP contribution in [0.2, 0.25) is 0 Å². The van der Waals surface area contributed by atoms with Gasteiger partial charge in [0.2, 0.25) is 5.91 Å². The number of thioether (sulfide) groups is 1. The molecule has 0 aliphatic carbocycles. The van der Waals surface area contributed by atoms with Crippen LogP contribution in [-0.2, 0) is 22.5 Å². The van der Waals surface area contributed by atoms with Gasteiger partial charge in [0.1, 0.15) is 5.82 Å². The Kier molecular flexibility index (Phi) is 7.37. The number of nitrogens with zero attached hydrogens (tertiary/aromatic N) is 2. The van der Waals surface area contributed by atoms with Crippen LogP contribution in [0.15, 0.2) is 58.5 Å². The third-order valence-corrected chi connectivity index (χ3v) is 5.30. The Morgan fingerprint density at radius 1 is 1.21 bits per heavy atom. The molecule has 29 heavy (non-hydrogen) atoms. The van der Waals surface area contributed by atoms with E-state index in [2.05, 4.69) is 10.3 Å². The first-order valence-electron chi connectivity index (χ1n) is 9.21. The van der Waals surface area contributed by atoms with Gasteiger partial charge in [0.25, 0.3) is 5.56 Å². The summed E-state index contributed by atoms with van der Waals surface area (Å²) < 4.78 is 19.6. The Balaban J connectivity index is 1.63. The molecular formula is C21H22FN3O3S. The highest BCUT2D eigenvalue weighted by molar-refractivity contribution is 7.99. The number of hydrogen-bond donors (Lipinski definition) is 1. The second kappa shape index (κ2) is 10.2. The molecule has 0 atom stereocenters. The van der Waals surface area contributed by atoms with E-state index in [9.17, 15) is 14.0 Å². The maximum Gasteiger partial charge on any atom is 0.262 e. The summed E-state index contributed by atoms with van der Waals surface area (Å²) in [6.07, 6.45) is 0.615. The van der Waals surface area contributed by atoms with Gasteiger partial charge in [-0.15, -0.1) is 0 Å². The number of hydrogen-bond acceptors (Lipinski definition) is 5. The second-order valence-electron chi connectivity index (χ2n) is 6.38. The fraction of sp³-hybridized carbons (Fsp3) is 0.286. The summed E-state index contributed by atoms with van der Waals surface area (Å²) in [6, 6.07) is 13.3. The van der Waals surface area contributed by atoms with Crippen molar-refractivity contribution in [3.63, 3.8) is 0 Å². The van der Waals surface area contributed by atoms with Crippen LogP contribution in [0.1, 0.15) is 5.56 Å². The number of benzene rings is 2. The molecule has 0 spiro atoms. The van der Waals surface area contributed by atoms with Crippen molar-refractivity contribution in [3.05, 3.63) is 70.3 Å². The molecule has 0 unspecified atom stereocenters. The Morgan fingerprint density at radius 2 is 1.97 bits per heavy atom. The van der Waals surface area contributed by atoms with Gasteiger partial charge >= 0.3 is 0 Å². The molecule has 2 aromatic carbocycles. The second-order valence-corrected chi connectivity index (χ2v) is 7.32. The van der Waals surface area contributed by atoms with Gasteiger partial charge in [-0.3, -0.25) is 14.2 Å². The number of methoxy groups -OCH3 is 1. The van der Waals surface area contributed by atoms with Gasteiger partial charge < -0.3 is 10.1 Å². The van der Waals surface area contributed by atoms with Crippen molar-refractivity contribution in [2.75, 3.05) is 26.0 Å². The molecule has 0 fully saturated rings. The smallest absolute Gasteiger partial charge is 0.262 e. The number of para-hydroxylation sites is 1.